The number of methoxy groups -OCH3 is 1. The molecule has 0 spiro atoms. The lowest BCUT2D eigenvalue weighted by atomic mass is 10.1. The van der Waals surface area contributed by atoms with Crippen molar-refractivity contribution in [1.29, 1.82) is 0 Å². The van der Waals surface area contributed by atoms with Gasteiger partial charge in [0.15, 0.2) is 0 Å². The summed E-state index contributed by atoms with van der Waals surface area (Å²) in [6.45, 7) is 3.27. The monoisotopic (exact) mass is 354 g/mol. The van der Waals surface area contributed by atoms with Crippen LogP contribution in [0.4, 0.5) is 11.4 Å². The van der Waals surface area contributed by atoms with E-state index in [0.29, 0.717) is 16.9 Å². The SMILES string of the molecule is CCc1ccc(NC(=O)CN(C(C)=O)c2cccc(C(=O)OC)c2)cc1. The molecule has 2 aromatic carbocycles. The highest BCUT2D eigenvalue weighted by Crippen LogP contribution is 2.18. The van der Waals surface area contributed by atoms with Gasteiger partial charge in [-0.3, -0.25) is 9.59 Å². The highest BCUT2D eigenvalue weighted by Gasteiger charge is 2.17. The van der Waals surface area contributed by atoms with E-state index in [2.05, 4.69) is 17.0 Å². The fourth-order valence-electron chi connectivity index (χ4n) is 2.47. The Morgan fingerprint density at radius 1 is 1.08 bits per heavy atom. The Labute approximate surface area is 152 Å². The van der Waals surface area contributed by atoms with Gasteiger partial charge in [-0.25, -0.2) is 4.79 Å². The van der Waals surface area contributed by atoms with Gasteiger partial charge < -0.3 is 15.0 Å². The number of benzene rings is 2. The number of nitrogens with zero attached hydrogens (tertiary/aromatic N) is 1. The molecule has 0 saturated carbocycles. The van der Waals surface area contributed by atoms with Gasteiger partial charge in [0.1, 0.15) is 6.54 Å². The van der Waals surface area contributed by atoms with Gasteiger partial charge in [0.05, 0.1) is 12.7 Å². The molecule has 0 fully saturated rings. The van der Waals surface area contributed by atoms with Crippen molar-refractivity contribution in [2.45, 2.75) is 20.3 Å². The van der Waals surface area contributed by atoms with E-state index < -0.39 is 5.97 Å². The fraction of sp³-hybridized carbons (Fsp3) is 0.250. The lowest BCUT2D eigenvalue weighted by Crippen LogP contribution is -2.36. The van der Waals surface area contributed by atoms with E-state index in [1.54, 1.807) is 18.2 Å². The van der Waals surface area contributed by atoms with Gasteiger partial charge in [0, 0.05) is 18.3 Å². The predicted molar refractivity (Wildman–Crippen MR) is 100 cm³/mol. The molecule has 1 N–H and O–H groups in total. The van der Waals surface area contributed by atoms with Crippen molar-refractivity contribution in [1.82, 2.24) is 0 Å². The summed E-state index contributed by atoms with van der Waals surface area (Å²) in [5.74, 6) is -1.13. The molecule has 0 aliphatic carbocycles. The second kappa shape index (κ2) is 8.80. The first-order valence-corrected chi connectivity index (χ1v) is 8.30. The fourth-order valence-corrected chi connectivity index (χ4v) is 2.47. The van der Waals surface area contributed by atoms with Crippen LogP contribution in [0.3, 0.4) is 0 Å². The normalized spacial score (nSPS) is 10.1. The van der Waals surface area contributed by atoms with Crippen molar-refractivity contribution in [3.05, 3.63) is 59.7 Å². The third-order valence-corrected chi connectivity index (χ3v) is 3.91. The Bertz CT molecular complexity index is 800. The molecule has 0 unspecified atom stereocenters. The van der Waals surface area contributed by atoms with Gasteiger partial charge in [0.2, 0.25) is 11.8 Å². The van der Waals surface area contributed by atoms with Crippen molar-refractivity contribution in [3.63, 3.8) is 0 Å². The smallest absolute Gasteiger partial charge is 0.337 e. The van der Waals surface area contributed by atoms with Gasteiger partial charge in [0.25, 0.3) is 0 Å². The summed E-state index contributed by atoms with van der Waals surface area (Å²) in [7, 11) is 1.29. The molecule has 0 saturated heterocycles. The number of esters is 1. The zero-order valence-corrected chi connectivity index (χ0v) is 15.1. The van der Waals surface area contributed by atoms with Crippen LogP contribution in [0.1, 0.15) is 29.8 Å². The van der Waals surface area contributed by atoms with Gasteiger partial charge in [-0.2, -0.15) is 0 Å². The van der Waals surface area contributed by atoms with Crippen LogP contribution in [0.2, 0.25) is 0 Å². The number of nitrogens with one attached hydrogen (secondary N) is 1. The largest absolute Gasteiger partial charge is 0.465 e. The minimum absolute atomic E-state index is 0.157. The van der Waals surface area contributed by atoms with Gasteiger partial charge in [-0.05, 0) is 42.3 Å². The Morgan fingerprint density at radius 2 is 1.77 bits per heavy atom. The summed E-state index contributed by atoms with van der Waals surface area (Å²) in [6, 6.07) is 13.9. The molecule has 0 heterocycles. The third kappa shape index (κ3) is 4.92. The summed E-state index contributed by atoms with van der Waals surface area (Å²) < 4.78 is 4.69. The molecule has 2 rings (SSSR count). The quantitative estimate of drug-likeness (QED) is 0.809. The number of aryl methyl sites for hydroxylation is 1. The lowest BCUT2D eigenvalue weighted by Gasteiger charge is -2.21. The molecule has 0 aliphatic heterocycles. The van der Waals surface area contributed by atoms with Crippen molar-refractivity contribution >= 4 is 29.2 Å². The highest BCUT2D eigenvalue weighted by molar-refractivity contribution is 6.02. The molecule has 2 aromatic rings. The summed E-state index contributed by atoms with van der Waals surface area (Å²) in [6.07, 6.45) is 0.920. The predicted octanol–water partition coefficient (Wildman–Crippen LogP) is 3.03. The zero-order chi connectivity index (χ0) is 19.1. The van der Waals surface area contributed by atoms with Crippen molar-refractivity contribution in [2.75, 3.05) is 23.9 Å². The molecule has 6 heteroatoms. The topological polar surface area (TPSA) is 75.7 Å². The first kappa shape index (κ1) is 19.2. The number of carbonyl (C=O) groups is 3. The summed E-state index contributed by atoms with van der Waals surface area (Å²) in [5, 5.41) is 2.77. The molecule has 2 amide bonds. The molecule has 136 valence electrons. The highest BCUT2D eigenvalue weighted by atomic mass is 16.5. The Balaban J connectivity index is 2.13. The molecule has 0 atom stereocenters. The molecule has 26 heavy (non-hydrogen) atoms. The summed E-state index contributed by atoms with van der Waals surface area (Å²) >= 11 is 0. The number of ether oxygens (including phenoxy) is 1. The van der Waals surface area contributed by atoms with Gasteiger partial charge in [-0.1, -0.05) is 25.1 Å². The summed E-state index contributed by atoms with van der Waals surface area (Å²) in [4.78, 5) is 37.3. The van der Waals surface area contributed by atoms with E-state index >= 15 is 0 Å². The maximum Gasteiger partial charge on any atom is 0.337 e. The lowest BCUT2D eigenvalue weighted by molar-refractivity contribution is -0.120. The molecule has 0 aromatic heterocycles. The minimum Gasteiger partial charge on any atom is -0.465 e. The van der Waals surface area contributed by atoms with E-state index in [1.165, 1.54) is 30.6 Å². The first-order chi connectivity index (χ1) is 12.4. The first-order valence-electron chi connectivity index (χ1n) is 8.30. The Kier molecular flexibility index (Phi) is 6.49. The van der Waals surface area contributed by atoms with Crippen molar-refractivity contribution in [2.24, 2.45) is 0 Å². The zero-order valence-electron chi connectivity index (χ0n) is 15.1. The van der Waals surface area contributed by atoms with Crippen LogP contribution < -0.4 is 10.2 Å². The Hall–Kier alpha value is -3.15. The van der Waals surface area contributed by atoms with Crippen LogP contribution in [0.5, 0.6) is 0 Å². The minimum atomic E-state index is -0.504. The van der Waals surface area contributed by atoms with Crippen LogP contribution in [-0.4, -0.2) is 31.4 Å². The average Bonchev–Trinajstić information content (AvgIpc) is 2.66. The van der Waals surface area contributed by atoms with Gasteiger partial charge >= 0.3 is 5.97 Å². The molecule has 0 radical (unpaired) electrons. The number of anilines is 2. The van der Waals surface area contributed by atoms with Crippen molar-refractivity contribution < 1.29 is 19.1 Å². The van der Waals surface area contributed by atoms with Crippen LogP contribution in [0.15, 0.2) is 48.5 Å². The number of amides is 2. The standard InChI is InChI=1S/C20H22N2O4/c1-4-15-8-10-17(11-9-15)21-19(24)13-22(14(2)23)18-7-5-6-16(12-18)20(25)26-3/h5-12H,4,13H2,1-3H3,(H,21,24). The van der Waals surface area contributed by atoms with E-state index in [4.69, 9.17) is 0 Å². The average molecular weight is 354 g/mol. The second-order valence-corrected chi connectivity index (χ2v) is 5.75. The number of rotatable bonds is 6. The van der Waals surface area contributed by atoms with E-state index in [-0.39, 0.29) is 18.4 Å². The van der Waals surface area contributed by atoms with E-state index in [9.17, 15) is 14.4 Å². The third-order valence-electron chi connectivity index (χ3n) is 3.91. The molecular weight excluding hydrogens is 332 g/mol. The van der Waals surface area contributed by atoms with E-state index in [1.807, 2.05) is 24.3 Å². The van der Waals surface area contributed by atoms with E-state index in [0.717, 1.165) is 6.42 Å². The van der Waals surface area contributed by atoms with Crippen molar-refractivity contribution in [3.8, 4) is 0 Å². The maximum absolute atomic E-state index is 12.3. The molecule has 6 nitrogen and oxygen atoms in total. The van der Waals surface area contributed by atoms with Gasteiger partial charge in [-0.15, -0.1) is 0 Å². The Morgan fingerprint density at radius 3 is 2.35 bits per heavy atom. The van der Waals surface area contributed by atoms with Crippen LogP contribution in [-0.2, 0) is 20.7 Å². The molecule has 0 aliphatic rings. The van der Waals surface area contributed by atoms with Crippen LogP contribution in [0.25, 0.3) is 0 Å². The molecule has 0 bridgehead atoms. The maximum atomic E-state index is 12.3. The number of carbonyl (C=O) groups excluding carboxylic acids is 3. The van der Waals surface area contributed by atoms with Crippen LogP contribution >= 0.6 is 0 Å². The summed E-state index contributed by atoms with van der Waals surface area (Å²) in [5.41, 5.74) is 2.61. The number of hydrogen-bond acceptors (Lipinski definition) is 4. The number of hydrogen-bond donors (Lipinski definition) is 1. The second-order valence-electron chi connectivity index (χ2n) is 5.75. The van der Waals surface area contributed by atoms with Crippen LogP contribution in [0, 0.1) is 0 Å². The molecular formula is C20H22N2O4.